The Morgan fingerprint density at radius 2 is 2.05 bits per heavy atom. The van der Waals surface area contributed by atoms with E-state index in [1.807, 2.05) is 4.90 Å². The number of morpholine rings is 1. The lowest BCUT2D eigenvalue weighted by Crippen LogP contribution is -2.43. The molecule has 21 heavy (non-hydrogen) atoms. The van der Waals surface area contributed by atoms with E-state index in [2.05, 4.69) is 20.8 Å². The maximum atomic E-state index is 13.0. The lowest BCUT2D eigenvalue weighted by Gasteiger charge is -2.33. The fraction of sp³-hybridized carbons (Fsp3) is 0.562. The molecule has 1 saturated heterocycles. The van der Waals surface area contributed by atoms with E-state index in [4.69, 9.17) is 4.74 Å². The Bertz CT molecular complexity index is 484. The number of amides is 1. The summed E-state index contributed by atoms with van der Waals surface area (Å²) in [5, 5.41) is 0. The van der Waals surface area contributed by atoms with Crippen molar-refractivity contribution < 1.29 is 13.9 Å². The van der Waals surface area contributed by atoms with Crippen molar-refractivity contribution in [3.63, 3.8) is 0 Å². The zero-order valence-electron chi connectivity index (χ0n) is 12.8. The molecule has 1 fully saturated rings. The van der Waals surface area contributed by atoms with Gasteiger partial charge in [0.15, 0.2) is 0 Å². The van der Waals surface area contributed by atoms with E-state index >= 15 is 0 Å². The van der Waals surface area contributed by atoms with Crippen molar-refractivity contribution in [3.05, 3.63) is 35.6 Å². The van der Waals surface area contributed by atoms with E-state index in [0.29, 0.717) is 25.4 Å². The van der Waals surface area contributed by atoms with Gasteiger partial charge in [-0.1, -0.05) is 32.9 Å². The number of hydrogen-bond acceptors (Lipinski definition) is 3. The molecule has 0 N–H and O–H groups in total. The second kappa shape index (κ2) is 6.79. The Morgan fingerprint density at radius 1 is 1.38 bits per heavy atom. The Balaban J connectivity index is 1.94. The lowest BCUT2D eigenvalue weighted by molar-refractivity contribution is -0.136. The predicted octanol–water partition coefficient (Wildman–Crippen LogP) is 3.26. The average molecular weight is 311 g/mol. The summed E-state index contributed by atoms with van der Waals surface area (Å²) in [6, 6.07) is 6.29. The van der Waals surface area contributed by atoms with Crippen LogP contribution in [0.15, 0.2) is 24.3 Å². The van der Waals surface area contributed by atoms with Crippen molar-refractivity contribution in [1.82, 2.24) is 4.90 Å². The number of thioether (sulfide) groups is 1. The third-order valence-electron chi connectivity index (χ3n) is 3.29. The Hall–Kier alpha value is -1.07. The molecular weight excluding hydrogens is 289 g/mol. The van der Waals surface area contributed by atoms with E-state index in [-0.39, 0.29) is 22.6 Å². The van der Waals surface area contributed by atoms with Crippen molar-refractivity contribution in [1.29, 1.82) is 0 Å². The number of carbonyl (C=O) groups excluding carboxylic acids is 1. The van der Waals surface area contributed by atoms with Crippen LogP contribution in [-0.4, -0.2) is 41.0 Å². The van der Waals surface area contributed by atoms with Gasteiger partial charge in [-0.3, -0.25) is 4.79 Å². The first kappa shape index (κ1) is 16.3. The summed E-state index contributed by atoms with van der Waals surface area (Å²) in [7, 11) is 0. The van der Waals surface area contributed by atoms with Crippen LogP contribution in [-0.2, 0) is 9.53 Å². The molecular formula is C16H22FNO2S. The first-order chi connectivity index (χ1) is 9.85. The first-order valence-electron chi connectivity index (χ1n) is 7.14. The summed E-state index contributed by atoms with van der Waals surface area (Å²) in [4.78, 5) is 14.1. The first-order valence-corrected chi connectivity index (χ1v) is 8.12. The van der Waals surface area contributed by atoms with Gasteiger partial charge >= 0.3 is 0 Å². The molecule has 2 rings (SSSR count). The van der Waals surface area contributed by atoms with Crippen LogP contribution >= 0.6 is 11.8 Å². The smallest absolute Gasteiger partial charge is 0.232 e. The van der Waals surface area contributed by atoms with Gasteiger partial charge in [0.25, 0.3) is 0 Å². The zero-order valence-corrected chi connectivity index (χ0v) is 13.6. The molecule has 116 valence electrons. The van der Waals surface area contributed by atoms with E-state index in [1.54, 1.807) is 23.9 Å². The molecule has 3 nitrogen and oxygen atoms in total. The number of hydrogen-bond donors (Lipinski definition) is 0. The number of nitrogens with zero attached hydrogens (tertiary/aromatic N) is 1. The molecule has 1 aliphatic rings. The van der Waals surface area contributed by atoms with Crippen LogP contribution in [0.1, 0.15) is 32.4 Å². The van der Waals surface area contributed by atoms with Crippen LogP contribution in [0.2, 0.25) is 0 Å². The van der Waals surface area contributed by atoms with Crippen LogP contribution < -0.4 is 0 Å². The molecule has 1 aromatic rings. The minimum absolute atomic E-state index is 0.0817. The highest BCUT2D eigenvalue weighted by Crippen LogP contribution is 2.26. The maximum Gasteiger partial charge on any atom is 0.232 e. The minimum atomic E-state index is -0.260. The normalized spacial score (nSPS) is 19.6. The van der Waals surface area contributed by atoms with Crippen LogP contribution in [0, 0.1) is 5.82 Å². The summed E-state index contributed by atoms with van der Waals surface area (Å²) >= 11 is 1.65. The summed E-state index contributed by atoms with van der Waals surface area (Å²) in [5.74, 6) is 0.369. The summed E-state index contributed by atoms with van der Waals surface area (Å²) in [6.07, 6.45) is -0.164. The molecule has 0 spiro atoms. The molecule has 1 amide bonds. The zero-order chi connectivity index (χ0) is 15.5. The van der Waals surface area contributed by atoms with Gasteiger partial charge in [-0.25, -0.2) is 4.39 Å². The highest BCUT2D eigenvalue weighted by Gasteiger charge is 2.26. The van der Waals surface area contributed by atoms with Crippen molar-refractivity contribution in [3.8, 4) is 0 Å². The van der Waals surface area contributed by atoms with E-state index in [1.165, 1.54) is 12.1 Å². The molecule has 0 radical (unpaired) electrons. The monoisotopic (exact) mass is 311 g/mol. The average Bonchev–Trinajstić information content (AvgIpc) is 2.45. The van der Waals surface area contributed by atoms with E-state index in [9.17, 15) is 9.18 Å². The summed E-state index contributed by atoms with van der Waals surface area (Å²) < 4.78 is 18.8. The number of rotatable bonds is 3. The largest absolute Gasteiger partial charge is 0.370 e. The Kier molecular flexibility index (Phi) is 5.27. The molecule has 0 aliphatic carbocycles. The minimum Gasteiger partial charge on any atom is -0.370 e. The summed E-state index contributed by atoms with van der Waals surface area (Å²) in [6.45, 7) is 7.99. The SMILES string of the molecule is CC(C)(C)SCC(=O)N1CCOC(c2ccc(F)cc2)C1. The fourth-order valence-corrected chi connectivity index (χ4v) is 2.86. The molecule has 1 atom stereocenters. The lowest BCUT2D eigenvalue weighted by atomic mass is 10.1. The quantitative estimate of drug-likeness (QED) is 0.858. The van der Waals surface area contributed by atoms with Crippen molar-refractivity contribution in [2.75, 3.05) is 25.4 Å². The number of benzene rings is 1. The topological polar surface area (TPSA) is 29.5 Å². The van der Waals surface area contributed by atoms with Crippen molar-refractivity contribution in [2.45, 2.75) is 31.6 Å². The third-order valence-corrected chi connectivity index (χ3v) is 4.55. The van der Waals surface area contributed by atoms with Gasteiger partial charge in [0, 0.05) is 11.3 Å². The van der Waals surface area contributed by atoms with Gasteiger partial charge in [-0.2, -0.15) is 0 Å². The molecule has 0 aromatic heterocycles. The standard InChI is InChI=1S/C16H22FNO2S/c1-16(2,3)21-11-15(19)18-8-9-20-14(10-18)12-4-6-13(17)7-5-12/h4-7,14H,8-11H2,1-3H3. The number of carbonyl (C=O) groups is 1. The molecule has 1 heterocycles. The molecule has 1 aliphatic heterocycles. The molecule has 0 saturated carbocycles. The van der Waals surface area contributed by atoms with E-state index < -0.39 is 0 Å². The molecule has 5 heteroatoms. The number of ether oxygens (including phenoxy) is 1. The van der Waals surface area contributed by atoms with Gasteiger partial charge in [-0.05, 0) is 17.7 Å². The fourth-order valence-electron chi connectivity index (χ4n) is 2.12. The Morgan fingerprint density at radius 3 is 2.67 bits per heavy atom. The molecule has 1 aromatic carbocycles. The molecule has 1 unspecified atom stereocenters. The van der Waals surface area contributed by atoms with Gasteiger partial charge < -0.3 is 9.64 Å². The van der Waals surface area contributed by atoms with Crippen LogP contribution in [0.5, 0.6) is 0 Å². The van der Waals surface area contributed by atoms with Crippen molar-refractivity contribution in [2.24, 2.45) is 0 Å². The number of halogens is 1. The van der Waals surface area contributed by atoms with Gasteiger partial charge in [-0.15, -0.1) is 11.8 Å². The van der Waals surface area contributed by atoms with Crippen molar-refractivity contribution >= 4 is 17.7 Å². The maximum absolute atomic E-state index is 13.0. The van der Waals surface area contributed by atoms with Crippen LogP contribution in [0.4, 0.5) is 4.39 Å². The highest BCUT2D eigenvalue weighted by atomic mass is 32.2. The molecule has 0 bridgehead atoms. The van der Waals surface area contributed by atoms with E-state index in [0.717, 1.165) is 5.56 Å². The highest BCUT2D eigenvalue weighted by molar-refractivity contribution is 8.01. The predicted molar refractivity (Wildman–Crippen MR) is 83.9 cm³/mol. The second-order valence-electron chi connectivity index (χ2n) is 6.15. The van der Waals surface area contributed by atoms with Crippen LogP contribution in [0.25, 0.3) is 0 Å². The summed E-state index contributed by atoms with van der Waals surface area (Å²) in [5.41, 5.74) is 0.914. The second-order valence-corrected chi connectivity index (χ2v) is 7.95. The van der Waals surface area contributed by atoms with Crippen LogP contribution in [0.3, 0.4) is 0 Å². The van der Waals surface area contributed by atoms with Gasteiger partial charge in [0.2, 0.25) is 5.91 Å². The third kappa shape index (κ3) is 5.00. The van der Waals surface area contributed by atoms with Gasteiger partial charge in [0.1, 0.15) is 11.9 Å². The Labute approximate surface area is 129 Å². The van der Waals surface area contributed by atoms with Gasteiger partial charge in [0.05, 0.1) is 18.9 Å².